The third-order valence-electron chi connectivity index (χ3n) is 2.77. The van der Waals surface area contributed by atoms with Crippen LogP contribution in [0.15, 0.2) is 27.1 Å². The molecule has 4 heteroatoms. The van der Waals surface area contributed by atoms with E-state index >= 15 is 0 Å². The summed E-state index contributed by atoms with van der Waals surface area (Å²) < 4.78 is 7.55. The van der Waals surface area contributed by atoms with Crippen molar-refractivity contribution in [3.05, 3.63) is 32.7 Å². The van der Waals surface area contributed by atoms with E-state index in [0.29, 0.717) is 5.92 Å². The van der Waals surface area contributed by atoms with Crippen LogP contribution in [0.3, 0.4) is 0 Å². The fourth-order valence-corrected chi connectivity index (χ4v) is 2.49. The Morgan fingerprint density at radius 2 is 2.19 bits per heavy atom. The van der Waals surface area contributed by atoms with Gasteiger partial charge in [-0.2, -0.15) is 0 Å². The fraction of sp³-hybridized carbons (Fsp3) is 0.500. The van der Waals surface area contributed by atoms with Crippen molar-refractivity contribution in [2.45, 2.75) is 13.0 Å². The van der Waals surface area contributed by atoms with Gasteiger partial charge in [0.25, 0.3) is 0 Å². The smallest absolute Gasteiger partial charge is 0.0507 e. The summed E-state index contributed by atoms with van der Waals surface area (Å²) in [5, 5.41) is 3.47. The zero-order valence-corrected chi connectivity index (χ0v) is 12.2. The van der Waals surface area contributed by atoms with Crippen LogP contribution in [0.5, 0.6) is 0 Å². The van der Waals surface area contributed by atoms with Crippen LogP contribution in [-0.4, -0.2) is 19.8 Å². The second-order valence-corrected chi connectivity index (χ2v) is 5.82. The van der Waals surface area contributed by atoms with Gasteiger partial charge in [-0.15, -0.1) is 0 Å². The van der Waals surface area contributed by atoms with Gasteiger partial charge in [0.05, 0.1) is 6.61 Å². The van der Waals surface area contributed by atoms with Crippen molar-refractivity contribution in [2.24, 2.45) is 5.92 Å². The van der Waals surface area contributed by atoms with Crippen molar-refractivity contribution in [3.63, 3.8) is 0 Å². The first-order valence-electron chi connectivity index (χ1n) is 5.48. The number of halogens is 2. The number of rotatable bonds is 4. The van der Waals surface area contributed by atoms with Crippen LogP contribution < -0.4 is 5.32 Å². The first-order valence-corrected chi connectivity index (χ1v) is 7.06. The molecule has 16 heavy (non-hydrogen) atoms. The van der Waals surface area contributed by atoms with E-state index in [-0.39, 0.29) is 0 Å². The second kappa shape index (κ2) is 6.15. The van der Waals surface area contributed by atoms with E-state index in [2.05, 4.69) is 55.4 Å². The van der Waals surface area contributed by atoms with Gasteiger partial charge in [-0.1, -0.05) is 6.07 Å². The van der Waals surface area contributed by atoms with Crippen LogP contribution in [0, 0.1) is 5.92 Å². The van der Waals surface area contributed by atoms with Crippen molar-refractivity contribution in [2.75, 3.05) is 19.8 Å². The number of hydrogen-bond donors (Lipinski definition) is 1. The molecule has 1 atom stereocenters. The molecule has 2 rings (SSSR count). The summed E-state index contributed by atoms with van der Waals surface area (Å²) in [5.74, 6) is 0.693. The maximum Gasteiger partial charge on any atom is 0.0507 e. The van der Waals surface area contributed by atoms with Crippen LogP contribution in [0.25, 0.3) is 0 Å². The summed E-state index contributed by atoms with van der Waals surface area (Å²) in [6.45, 7) is 3.81. The number of benzene rings is 1. The van der Waals surface area contributed by atoms with Crippen LogP contribution in [0.2, 0.25) is 0 Å². The average molecular weight is 349 g/mol. The van der Waals surface area contributed by atoms with Gasteiger partial charge in [0.2, 0.25) is 0 Å². The molecule has 1 unspecified atom stereocenters. The Bertz CT molecular complexity index is 351. The molecule has 1 aliphatic rings. The van der Waals surface area contributed by atoms with Crippen molar-refractivity contribution in [1.29, 1.82) is 0 Å². The van der Waals surface area contributed by atoms with Gasteiger partial charge in [-0.05, 0) is 61.9 Å². The van der Waals surface area contributed by atoms with E-state index in [1.54, 1.807) is 0 Å². The minimum absolute atomic E-state index is 0.693. The third kappa shape index (κ3) is 3.55. The van der Waals surface area contributed by atoms with Crippen molar-refractivity contribution in [3.8, 4) is 0 Å². The van der Waals surface area contributed by atoms with Gasteiger partial charge >= 0.3 is 0 Å². The zero-order chi connectivity index (χ0) is 11.4. The van der Waals surface area contributed by atoms with Crippen LogP contribution >= 0.6 is 31.9 Å². The molecule has 1 N–H and O–H groups in total. The molecule has 1 saturated heterocycles. The Balaban J connectivity index is 1.78. The van der Waals surface area contributed by atoms with Crippen LogP contribution in [0.4, 0.5) is 0 Å². The average Bonchev–Trinajstić information content (AvgIpc) is 2.76. The first kappa shape index (κ1) is 12.6. The minimum atomic E-state index is 0.693. The third-order valence-corrected chi connectivity index (χ3v) is 4.65. The van der Waals surface area contributed by atoms with Gasteiger partial charge < -0.3 is 10.1 Å². The zero-order valence-electron chi connectivity index (χ0n) is 9.01. The monoisotopic (exact) mass is 347 g/mol. The maximum atomic E-state index is 5.34. The summed E-state index contributed by atoms with van der Waals surface area (Å²) in [4.78, 5) is 0. The Hall–Kier alpha value is 0.1000. The Kier molecular flexibility index (Phi) is 4.82. The maximum absolute atomic E-state index is 5.34. The first-order chi connectivity index (χ1) is 7.75. The van der Waals surface area contributed by atoms with E-state index in [0.717, 1.165) is 35.2 Å². The van der Waals surface area contributed by atoms with Gasteiger partial charge in [-0.25, -0.2) is 0 Å². The molecular weight excluding hydrogens is 334 g/mol. The quantitative estimate of drug-likeness (QED) is 0.901. The predicted octanol–water partition coefficient (Wildman–Crippen LogP) is 3.34. The lowest BCUT2D eigenvalue weighted by Crippen LogP contribution is -2.22. The number of hydrogen-bond acceptors (Lipinski definition) is 2. The predicted molar refractivity (Wildman–Crippen MR) is 72.5 cm³/mol. The summed E-state index contributed by atoms with van der Waals surface area (Å²) in [6, 6.07) is 6.34. The molecule has 1 heterocycles. The number of nitrogens with one attached hydrogen (secondary N) is 1. The molecule has 0 bridgehead atoms. The van der Waals surface area contributed by atoms with Crippen molar-refractivity contribution < 1.29 is 4.74 Å². The number of ether oxygens (including phenoxy) is 1. The summed E-state index contributed by atoms with van der Waals surface area (Å²) in [5.41, 5.74) is 1.30. The van der Waals surface area contributed by atoms with Crippen molar-refractivity contribution >= 4 is 31.9 Å². The lowest BCUT2D eigenvalue weighted by molar-refractivity contribution is 0.185. The lowest BCUT2D eigenvalue weighted by Gasteiger charge is -2.09. The molecule has 1 aliphatic heterocycles. The van der Waals surface area contributed by atoms with Crippen molar-refractivity contribution in [1.82, 2.24) is 5.32 Å². The molecule has 0 aliphatic carbocycles. The molecule has 1 fully saturated rings. The molecule has 0 amide bonds. The summed E-state index contributed by atoms with van der Waals surface area (Å²) in [7, 11) is 0. The summed E-state index contributed by atoms with van der Waals surface area (Å²) in [6.07, 6.45) is 1.19. The molecule has 1 aromatic carbocycles. The Labute approximate surface area is 113 Å². The molecule has 0 saturated carbocycles. The Morgan fingerprint density at radius 3 is 2.88 bits per heavy atom. The topological polar surface area (TPSA) is 21.3 Å². The van der Waals surface area contributed by atoms with Crippen LogP contribution in [0.1, 0.15) is 12.0 Å². The summed E-state index contributed by atoms with van der Waals surface area (Å²) >= 11 is 6.98. The molecular formula is C12H15Br2NO. The Morgan fingerprint density at radius 1 is 1.31 bits per heavy atom. The van der Waals surface area contributed by atoms with Crippen LogP contribution in [-0.2, 0) is 11.3 Å². The van der Waals surface area contributed by atoms with Gasteiger partial charge in [0.1, 0.15) is 0 Å². The largest absolute Gasteiger partial charge is 0.381 e. The van der Waals surface area contributed by atoms with Gasteiger partial charge in [0.15, 0.2) is 0 Å². The molecule has 88 valence electrons. The molecule has 0 spiro atoms. The molecule has 1 aromatic rings. The molecule has 0 aromatic heterocycles. The normalized spacial score (nSPS) is 20.2. The molecule has 2 nitrogen and oxygen atoms in total. The standard InChI is InChI=1S/C12H15Br2NO/c13-11-2-1-9(5-12(11)14)6-15-7-10-3-4-16-8-10/h1-2,5,10,15H,3-4,6-8H2. The molecule has 0 radical (unpaired) electrons. The van der Waals surface area contributed by atoms with E-state index in [1.165, 1.54) is 12.0 Å². The van der Waals surface area contributed by atoms with Gasteiger partial charge in [0, 0.05) is 28.6 Å². The highest BCUT2D eigenvalue weighted by Crippen LogP contribution is 2.23. The minimum Gasteiger partial charge on any atom is -0.381 e. The second-order valence-electron chi connectivity index (χ2n) is 4.11. The highest BCUT2D eigenvalue weighted by atomic mass is 79.9. The lowest BCUT2D eigenvalue weighted by atomic mass is 10.1. The van der Waals surface area contributed by atoms with E-state index in [1.807, 2.05) is 0 Å². The van der Waals surface area contributed by atoms with E-state index < -0.39 is 0 Å². The van der Waals surface area contributed by atoms with Gasteiger partial charge in [-0.3, -0.25) is 0 Å². The highest BCUT2D eigenvalue weighted by Gasteiger charge is 2.14. The SMILES string of the molecule is Brc1ccc(CNCC2CCOC2)cc1Br. The fourth-order valence-electron chi connectivity index (χ4n) is 1.81. The van der Waals surface area contributed by atoms with E-state index in [4.69, 9.17) is 4.74 Å². The highest BCUT2D eigenvalue weighted by molar-refractivity contribution is 9.13. The van der Waals surface area contributed by atoms with E-state index in [9.17, 15) is 0 Å².